The highest BCUT2D eigenvalue weighted by atomic mass is 32.2. The summed E-state index contributed by atoms with van der Waals surface area (Å²) in [6, 6.07) is 27.7. The summed E-state index contributed by atoms with van der Waals surface area (Å²) < 4.78 is 5.18. The first-order valence-electron chi connectivity index (χ1n) is 8.88. The third-order valence-corrected chi connectivity index (χ3v) is 5.41. The number of methoxy groups -OCH3 is 1. The second-order valence-corrected chi connectivity index (χ2v) is 7.61. The zero-order chi connectivity index (χ0) is 19.1. The molecule has 1 atom stereocenters. The van der Waals surface area contributed by atoms with Gasteiger partial charge in [-0.1, -0.05) is 60.7 Å². The Labute approximate surface area is 164 Å². The lowest BCUT2D eigenvalue weighted by Crippen LogP contribution is -2.34. The van der Waals surface area contributed by atoms with Gasteiger partial charge in [0.1, 0.15) is 5.75 Å². The van der Waals surface area contributed by atoms with Crippen LogP contribution in [-0.2, 0) is 4.79 Å². The molecule has 1 N–H and O–H groups in total. The fourth-order valence-corrected chi connectivity index (χ4v) is 3.70. The van der Waals surface area contributed by atoms with E-state index in [1.165, 1.54) is 11.8 Å². The molecule has 3 nitrogen and oxygen atoms in total. The normalized spacial score (nSPS) is 11.8. The van der Waals surface area contributed by atoms with Crippen molar-refractivity contribution in [1.82, 2.24) is 5.32 Å². The summed E-state index contributed by atoms with van der Waals surface area (Å²) in [6.45, 7) is 1.93. The molecule has 0 aliphatic rings. The van der Waals surface area contributed by atoms with Crippen LogP contribution in [0.3, 0.4) is 0 Å². The summed E-state index contributed by atoms with van der Waals surface area (Å²) in [6.07, 6.45) is 0. The van der Waals surface area contributed by atoms with Crippen LogP contribution in [0.5, 0.6) is 5.75 Å². The van der Waals surface area contributed by atoms with Crippen molar-refractivity contribution in [3.05, 3.63) is 96.1 Å². The van der Waals surface area contributed by atoms with Gasteiger partial charge in [0, 0.05) is 4.90 Å². The van der Waals surface area contributed by atoms with E-state index in [1.54, 1.807) is 7.11 Å². The number of carbonyl (C=O) groups is 1. The third kappa shape index (κ3) is 5.14. The highest BCUT2D eigenvalue weighted by Gasteiger charge is 2.21. The van der Waals surface area contributed by atoms with E-state index in [0.29, 0.717) is 0 Å². The monoisotopic (exact) mass is 377 g/mol. The smallest absolute Gasteiger partial charge is 0.233 e. The Morgan fingerprint density at radius 2 is 1.37 bits per heavy atom. The van der Waals surface area contributed by atoms with Gasteiger partial charge in [-0.3, -0.25) is 4.79 Å². The third-order valence-electron chi connectivity index (χ3n) is 4.29. The molecule has 0 aromatic heterocycles. The molecule has 3 aromatic rings. The number of rotatable bonds is 7. The van der Waals surface area contributed by atoms with Crippen LogP contribution in [0.1, 0.15) is 24.1 Å². The molecule has 0 radical (unpaired) electrons. The predicted octanol–water partition coefficient (Wildman–Crippen LogP) is 5.08. The summed E-state index contributed by atoms with van der Waals surface area (Å²) >= 11 is 1.54. The zero-order valence-electron chi connectivity index (χ0n) is 15.5. The molecule has 0 fully saturated rings. The largest absolute Gasteiger partial charge is 0.497 e. The Kier molecular flexibility index (Phi) is 6.55. The zero-order valence-corrected chi connectivity index (χ0v) is 16.3. The van der Waals surface area contributed by atoms with E-state index in [4.69, 9.17) is 4.74 Å². The second-order valence-electron chi connectivity index (χ2n) is 6.20. The van der Waals surface area contributed by atoms with Gasteiger partial charge in [-0.2, -0.15) is 0 Å². The number of nitrogens with one attached hydrogen (secondary N) is 1. The standard InChI is InChI=1S/C23H23NO2S/c1-17(27-21-15-13-20(26-2)14-16-21)23(25)24-22(18-9-5-3-6-10-18)19-11-7-4-8-12-19/h3-17,22H,1-2H3,(H,24,25). The summed E-state index contributed by atoms with van der Waals surface area (Å²) in [5, 5.41) is 2.99. The van der Waals surface area contributed by atoms with Crippen LogP contribution >= 0.6 is 11.8 Å². The van der Waals surface area contributed by atoms with Crippen molar-refractivity contribution in [3.8, 4) is 5.75 Å². The Morgan fingerprint density at radius 3 is 1.85 bits per heavy atom. The number of hydrogen-bond acceptors (Lipinski definition) is 3. The van der Waals surface area contributed by atoms with Gasteiger partial charge >= 0.3 is 0 Å². The maximum atomic E-state index is 12.9. The Bertz CT molecular complexity index is 811. The lowest BCUT2D eigenvalue weighted by atomic mass is 9.98. The van der Waals surface area contributed by atoms with Gasteiger partial charge < -0.3 is 10.1 Å². The molecule has 1 amide bonds. The molecule has 3 rings (SSSR count). The van der Waals surface area contributed by atoms with E-state index in [2.05, 4.69) is 5.32 Å². The Balaban J connectivity index is 1.73. The van der Waals surface area contributed by atoms with Gasteiger partial charge in [0.25, 0.3) is 0 Å². The molecule has 3 aromatic carbocycles. The van der Waals surface area contributed by atoms with Crippen molar-refractivity contribution in [2.75, 3.05) is 7.11 Å². The van der Waals surface area contributed by atoms with Crippen LogP contribution in [0, 0.1) is 0 Å². The molecule has 0 saturated heterocycles. The Hall–Kier alpha value is -2.72. The molecule has 4 heteroatoms. The first-order valence-corrected chi connectivity index (χ1v) is 9.76. The van der Waals surface area contributed by atoms with Crippen LogP contribution in [0.2, 0.25) is 0 Å². The van der Waals surface area contributed by atoms with Gasteiger partial charge in [-0.05, 0) is 42.3 Å². The number of thioether (sulfide) groups is 1. The highest BCUT2D eigenvalue weighted by Crippen LogP contribution is 2.27. The molecule has 138 valence electrons. The summed E-state index contributed by atoms with van der Waals surface area (Å²) in [5.74, 6) is 0.818. The molecular weight excluding hydrogens is 354 g/mol. The first-order chi connectivity index (χ1) is 13.2. The van der Waals surface area contributed by atoms with Crippen LogP contribution in [0.4, 0.5) is 0 Å². The lowest BCUT2D eigenvalue weighted by molar-refractivity contribution is -0.120. The average molecular weight is 378 g/mol. The molecule has 0 aliphatic carbocycles. The minimum atomic E-state index is -0.215. The van der Waals surface area contributed by atoms with E-state index in [9.17, 15) is 4.79 Å². The maximum absolute atomic E-state index is 12.9. The molecule has 0 spiro atoms. The number of carbonyl (C=O) groups excluding carboxylic acids is 1. The lowest BCUT2D eigenvalue weighted by Gasteiger charge is -2.22. The van der Waals surface area contributed by atoms with Gasteiger partial charge in [0.05, 0.1) is 18.4 Å². The molecule has 0 aliphatic heterocycles. The summed E-state index contributed by atoms with van der Waals surface area (Å²) in [7, 11) is 1.64. The maximum Gasteiger partial charge on any atom is 0.233 e. The van der Waals surface area contributed by atoms with E-state index >= 15 is 0 Å². The van der Waals surface area contributed by atoms with E-state index in [0.717, 1.165) is 21.8 Å². The molecule has 0 heterocycles. The highest BCUT2D eigenvalue weighted by molar-refractivity contribution is 8.00. The van der Waals surface area contributed by atoms with Crippen molar-refractivity contribution in [2.24, 2.45) is 0 Å². The van der Waals surface area contributed by atoms with E-state index < -0.39 is 0 Å². The quantitative estimate of drug-likeness (QED) is 0.584. The van der Waals surface area contributed by atoms with Crippen molar-refractivity contribution < 1.29 is 9.53 Å². The van der Waals surface area contributed by atoms with Crippen molar-refractivity contribution in [2.45, 2.75) is 23.1 Å². The molecule has 0 saturated carbocycles. The fraction of sp³-hybridized carbons (Fsp3) is 0.174. The van der Waals surface area contributed by atoms with E-state index in [1.807, 2.05) is 91.9 Å². The Morgan fingerprint density at radius 1 is 0.852 bits per heavy atom. The predicted molar refractivity (Wildman–Crippen MR) is 111 cm³/mol. The minimum Gasteiger partial charge on any atom is -0.497 e. The SMILES string of the molecule is COc1ccc(SC(C)C(=O)NC(c2ccccc2)c2ccccc2)cc1. The first kappa shape index (κ1) is 19.1. The summed E-state index contributed by atoms with van der Waals surface area (Å²) in [4.78, 5) is 13.9. The van der Waals surface area contributed by atoms with Gasteiger partial charge in [0.15, 0.2) is 0 Å². The second kappa shape index (κ2) is 9.28. The number of hydrogen-bond donors (Lipinski definition) is 1. The van der Waals surface area contributed by atoms with Crippen molar-refractivity contribution in [3.63, 3.8) is 0 Å². The average Bonchev–Trinajstić information content (AvgIpc) is 2.73. The molecular formula is C23H23NO2S. The van der Waals surface area contributed by atoms with Crippen molar-refractivity contribution >= 4 is 17.7 Å². The molecule has 0 bridgehead atoms. The van der Waals surface area contributed by atoms with Crippen LogP contribution in [0.15, 0.2) is 89.8 Å². The molecule has 27 heavy (non-hydrogen) atoms. The van der Waals surface area contributed by atoms with Crippen LogP contribution in [-0.4, -0.2) is 18.3 Å². The van der Waals surface area contributed by atoms with Gasteiger partial charge in [-0.25, -0.2) is 0 Å². The van der Waals surface area contributed by atoms with Crippen LogP contribution < -0.4 is 10.1 Å². The topological polar surface area (TPSA) is 38.3 Å². The summed E-state index contributed by atoms with van der Waals surface area (Å²) in [5.41, 5.74) is 2.14. The molecule has 1 unspecified atom stereocenters. The minimum absolute atomic E-state index is 0.00789. The van der Waals surface area contributed by atoms with Crippen LogP contribution in [0.25, 0.3) is 0 Å². The van der Waals surface area contributed by atoms with E-state index in [-0.39, 0.29) is 17.2 Å². The van der Waals surface area contributed by atoms with Crippen molar-refractivity contribution in [1.29, 1.82) is 0 Å². The van der Waals surface area contributed by atoms with Gasteiger partial charge in [0.2, 0.25) is 5.91 Å². The number of amides is 1. The van der Waals surface area contributed by atoms with Gasteiger partial charge in [-0.15, -0.1) is 11.8 Å². The number of ether oxygens (including phenoxy) is 1. The fourth-order valence-electron chi connectivity index (χ4n) is 2.82. The number of benzene rings is 3.